The summed E-state index contributed by atoms with van der Waals surface area (Å²) < 4.78 is 22.6. The molecule has 8 unspecified atom stereocenters. The first kappa shape index (κ1) is 25.4. The van der Waals surface area contributed by atoms with Crippen molar-refractivity contribution in [1.29, 1.82) is 0 Å². The lowest BCUT2D eigenvalue weighted by Crippen LogP contribution is -2.53. The van der Waals surface area contributed by atoms with Crippen molar-refractivity contribution in [2.75, 3.05) is 65.7 Å². The molecule has 0 aromatic rings. The van der Waals surface area contributed by atoms with Gasteiger partial charge in [0.2, 0.25) is 0 Å². The molecule has 0 spiro atoms. The normalized spacial score (nSPS) is 42.9. The third-order valence-electron chi connectivity index (χ3n) is 9.58. The first-order chi connectivity index (χ1) is 16.6. The molecule has 5 fully saturated rings. The summed E-state index contributed by atoms with van der Waals surface area (Å²) in [5.41, 5.74) is 0. The van der Waals surface area contributed by atoms with Crippen molar-refractivity contribution in [2.24, 2.45) is 35.5 Å². The molecule has 196 valence electrons. The monoisotopic (exact) mass is 478 g/mol. The van der Waals surface area contributed by atoms with E-state index in [0.29, 0.717) is 24.4 Å². The van der Waals surface area contributed by atoms with Crippen LogP contribution in [0.4, 0.5) is 0 Å². The van der Waals surface area contributed by atoms with Gasteiger partial charge in [-0.2, -0.15) is 0 Å². The predicted octanol–water partition coefficient (Wildman–Crippen LogP) is 3.54. The lowest BCUT2D eigenvalue weighted by atomic mass is 9.54. The summed E-state index contributed by atoms with van der Waals surface area (Å²) in [6.07, 6.45) is 7.05. The number of rotatable bonds is 16. The molecule has 5 rings (SSSR count). The highest BCUT2D eigenvalue weighted by Crippen LogP contribution is 2.51. The van der Waals surface area contributed by atoms with Gasteiger partial charge in [0.15, 0.2) is 0 Å². The Bertz CT molecular complexity index is 556. The van der Waals surface area contributed by atoms with Gasteiger partial charge in [0, 0.05) is 39.3 Å². The highest BCUT2D eigenvalue weighted by atomic mass is 16.6. The molecule has 0 bridgehead atoms. The van der Waals surface area contributed by atoms with Gasteiger partial charge >= 0.3 is 0 Å². The van der Waals surface area contributed by atoms with Gasteiger partial charge in [-0.25, -0.2) is 0 Å². The number of hydrogen-bond acceptors (Lipinski definition) is 6. The quantitative estimate of drug-likeness (QED) is 0.316. The lowest BCUT2D eigenvalue weighted by molar-refractivity contribution is -0.0556. The van der Waals surface area contributed by atoms with Crippen LogP contribution in [0.15, 0.2) is 0 Å². The van der Waals surface area contributed by atoms with Crippen molar-refractivity contribution in [3.05, 3.63) is 0 Å². The van der Waals surface area contributed by atoms with Gasteiger partial charge in [-0.05, 0) is 35.5 Å². The van der Waals surface area contributed by atoms with Crippen LogP contribution >= 0.6 is 0 Å². The van der Waals surface area contributed by atoms with Crippen LogP contribution in [0.1, 0.15) is 53.4 Å². The van der Waals surface area contributed by atoms with Gasteiger partial charge in [-0.1, -0.05) is 53.4 Å². The van der Waals surface area contributed by atoms with Crippen LogP contribution in [0.25, 0.3) is 0 Å². The van der Waals surface area contributed by atoms with Gasteiger partial charge in [0.1, 0.15) is 0 Å². The summed E-state index contributed by atoms with van der Waals surface area (Å²) >= 11 is 0. The summed E-state index contributed by atoms with van der Waals surface area (Å²) in [4.78, 5) is 5.43. The number of epoxide rings is 4. The molecule has 6 heteroatoms. The Morgan fingerprint density at radius 2 is 0.647 bits per heavy atom. The van der Waals surface area contributed by atoms with Crippen LogP contribution in [0.5, 0.6) is 0 Å². The molecule has 5 aliphatic rings. The molecule has 0 radical (unpaired) electrons. The highest BCUT2D eigenvalue weighted by molar-refractivity contribution is 4.99. The molecule has 4 aliphatic heterocycles. The molecule has 0 aromatic carbocycles. The molecule has 0 amide bonds. The summed E-state index contributed by atoms with van der Waals surface area (Å²) in [5, 5.41) is 0. The lowest BCUT2D eigenvalue weighted by Gasteiger charge is -2.54. The Morgan fingerprint density at radius 1 is 0.412 bits per heavy atom. The van der Waals surface area contributed by atoms with Gasteiger partial charge in [0.25, 0.3) is 0 Å². The maximum Gasteiger partial charge on any atom is 0.0936 e. The molecule has 4 saturated heterocycles. The maximum atomic E-state index is 5.66. The van der Waals surface area contributed by atoms with Crippen LogP contribution in [-0.4, -0.2) is 99.9 Å². The first-order valence-corrected chi connectivity index (χ1v) is 14.5. The van der Waals surface area contributed by atoms with E-state index in [0.717, 1.165) is 88.1 Å². The van der Waals surface area contributed by atoms with E-state index in [-0.39, 0.29) is 0 Å². The van der Waals surface area contributed by atoms with Crippen molar-refractivity contribution in [2.45, 2.75) is 77.8 Å². The van der Waals surface area contributed by atoms with E-state index in [1.54, 1.807) is 0 Å². The summed E-state index contributed by atoms with van der Waals surface area (Å²) in [6, 6.07) is 0. The number of hydrogen-bond donors (Lipinski definition) is 0. The average Bonchev–Trinajstić information content (AvgIpc) is 3.64. The molecule has 1 aliphatic carbocycles. The van der Waals surface area contributed by atoms with E-state index in [1.807, 2.05) is 0 Å². The van der Waals surface area contributed by atoms with Gasteiger partial charge in [0.05, 0.1) is 50.8 Å². The molecule has 1 saturated carbocycles. The minimum Gasteiger partial charge on any atom is -0.372 e. The van der Waals surface area contributed by atoms with Crippen molar-refractivity contribution < 1.29 is 18.9 Å². The van der Waals surface area contributed by atoms with Crippen LogP contribution in [0, 0.1) is 35.5 Å². The van der Waals surface area contributed by atoms with Gasteiger partial charge < -0.3 is 18.9 Å². The SMILES string of the molecule is CCC1C(CC)C(CN(CC2CO2)CC2CO2)C(CC)C(CN(CC2CO2)CC2CO2)C1CC. The topological polar surface area (TPSA) is 56.6 Å². The zero-order valence-electron chi connectivity index (χ0n) is 22.2. The fourth-order valence-corrected chi connectivity index (χ4v) is 7.76. The zero-order chi connectivity index (χ0) is 23.7. The smallest absolute Gasteiger partial charge is 0.0936 e. The molecule has 6 nitrogen and oxygen atoms in total. The number of ether oxygens (including phenoxy) is 4. The zero-order valence-corrected chi connectivity index (χ0v) is 22.2. The molecule has 0 aromatic heterocycles. The van der Waals surface area contributed by atoms with Crippen LogP contribution in [0.2, 0.25) is 0 Å². The van der Waals surface area contributed by atoms with Gasteiger partial charge in [-0.3, -0.25) is 9.80 Å². The standard InChI is InChI=1S/C28H50N2O4/c1-5-23-24(6-2)27(13-29(9-19-15-31-19)10-20-16-32-20)26(8-4)28(25(23)7-3)14-30(11-21-17-33-21)12-22-18-34-22/h19-28H,5-18H2,1-4H3. The fourth-order valence-electron chi connectivity index (χ4n) is 7.76. The van der Waals surface area contributed by atoms with Crippen molar-refractivity contribution in [3.63, 3.8) is 0 Å². The summed E-state index contributed by atoms with van der Waals surface area (Å²) in [7, 11) is 0. The molecule has 0 N–H and O–H groups in total. The second-order valence-corrected chi connectivity index (χ2v) is 11.9. The third-order valence-corrected chi connectivity index (χ3v) is 9.58. The van der Waals surface area contributed by atoms with E-state index in [9.17, 15) is 0 Å². The highest BCUT2D eigenvalue weighted by Gasteiger charge is 2.49. The first-order valence-electron chi connectivity index (χ1n) is 14.5. The Labute approximate surface area is 208 Å². The minimum absolute atomic E-state index is 0.455. The molecule has 4 heterocycles. The van der Waals surface area contributed by atoms with Crippen molar-refractivity contribution >= 4 is 0 Å². The van der Waals surface area contributed by atoms with E-state index in [2.05, 4.69) is 37.5 Å². The average molecular weight is 479 g/mol. The molecular weight excluding hydrogens is 428 g/mol. The van der Waals surface area contributed by atoms with E-state index < -0.39 is 0 Å². The van der Waals surface area contributed by atoms with Crippen molar-refractivity contribution in [3.8, 4) is 0 Å². The van der Waals surface area contributed by atoms with Crippen LogP contribution in [-0.2, 0) is 18.9 Å². The number of nitrogens with zero attached hydrogens (tertiary/aromatic N) is 2. The predicted molar refractivity (Wildman–Crippen MR) is 134 cm³/mol. The Kier molecular flexibility index (Phi) is 8.55. The Hall–Kier alpha value is -0.240. The van der Waals surface area contributed by atoms with E-state index in [1.165, 1.54) is 38.8 Å². The molecule has 34 heavy (non-hydrogen) atoms. The van der Waals surface area contributed by atoms with Crippen LogP contribution in [0.3, 0.4) is 0 Å². The minimum atomic E-state index is 0.455. The Balaban J connectivity index is 1.36. The van der Waals surface area contributed by atoms with E-state index >= 15 is 0 Å². The fraction of sp³-hybridized carbons (Fsp3) is 1.00. The maximum absolute atomic E-state index is 5.66. The summed E-state index contributed by atoms with van der Waals surface area (Å²) in [5.74, 6) is 4.79. The molecular formula is C28H50N2O4. The summed E-state index contributed by atoms with van der Waals surface area (Å²) in [6.45, 7) is 20.4. The second-order valence-electron chi connectivity index (χ2n) is 11.9. The molecule has 8 atom stereocenters. The van der Waals surface area contributed by atoms with E-state index in [4.69, 9.17) is 18.9 Å². The Morgan fingerprint density at radius 3 is 0.882 bits per heavy atom. The second kappa shape index (κ2) is 11.4. The largest absolute Gasteiger partial charge is 0.372 e. The third kappa shape index (κ3) is 6.54. The van der Waals surface area contributed by atoms with Crippen molar-refractivity contribution in [1.82, 2.24) is 9.80 Å². The van der Waals surface area contributed by atoms with Crippen LogP contribution < -0.4 is 0 Å². The van der Waals surface area contributed by atoms with Gasteiger partial charge in [-0.15, -0.1) is 0 Å².